The Labute approximate surface area is 255 Å². The molecule has 1 N–H and O–H groups in total. The summed E-state index contributed by atoms with van der Waals surface area (Å²) in [4.78, 5) is 18.6. The fraction of sp³-hybridized carbons (Fsp3) is 0.447. The summed E-state index contributed by atoms with van der Waals surface area (Å²) in [7, 11) is 0. The van der Waals surface area contributed by atoms with Crippen LogP contribution in [0.2, 0.25) is 0 Å². The van der Waals surface area contributed by atoms with E-state index in [1.807, 2.05) is 48.2 Å². The predicted molar refractivity (Wildman–Crippen MR) is 169 cm³/mol. The zero-order valence-corrected chi connectivity index (χ0v) is 25.6. The van der Waals surface area contributed by atoms with E-state index in [0.717, 1.165) is 67.6 Å². The van der Waals surface area contributed by atoms with Crippen molar-refractivity contribution in [2.45, 2.75) is 76.5 Å². The van der Waals surface area contributed by atoms with Crippen LogP contribution < -0.4 is 4.74 Å². The molecular formula is C38H42N2O3. The molecule has 1 amide bonds. The lowest BCUT2D eigenvalue weighted by Gasteiger charge is -2.60. The number of hydrogen-bond donors (Lipinski definition) is 1. The van der Waals surface area contributed by atoms with Crippen LogP contribution >= 0.6 is 0 Å². The Kier molecular flexibility index (Phi) is 7.22. The Balaban J connectivity index is 1.23. The fourth-order valence-electron chi connectivity index (χ4n) is 8.81. The molecule has 0 radical (unpaired) electrons. The topological polar surface area (TPSA) is 53.0 Å². The number of piperidine rings is 1. The maximum Gasteiger partial charge on any atom is 0.299 e. The van der Waals surface area contributed by atoms with Crippen LogP contribution in [-0.2, 0) is 23.1 Å². The van der Waals surface area contributed by atoms with Gasteiger partial charge in [-0.15, -0.1) is 0 Å². The van der Waals surface area contributed by atoms with Gasteiger partial charge in [-0.1, -0.05) is 62.2 Å². The Hall–Kier alpha value is -3.75. The van der Waals surface area contributed by atoms with Crippen molar-refractivity contribution in [3.8, 4) is 23.3 Å². The Morgan fingerprint density at radius 3 is 2.74 bits per heavy atom. The number of aromatic hydroxyl groups is 1. The standard InChI is InChI=1S/C38H42N2O3/c1-25(2)24-40(35(42)17-12-28-11-7-8-26(3)22-28)31-14-13-30-32-23-29-33(41)15-16-34-36(29)38(30,37(31)43-34)19-21-39(32)20-18-27-9-5-4-6-10-27/h4-11,15-16,22,25,30-32,37,41H,13-14,18-21,23-24H2,1-3H3/t30-,31-,32+,37-,38-/m0/s1. The van der Waals surface area contributed by atoms with Gasteiger partial charge in [0.25, 0.3) is 5.91 Å². The first-order valence-corrected chi connectivity index (χ1v) is 16.0. The number of amides is 1. The van der Waals surface area contributed by atoms with E-state index in [1.54, 1.807) is 0 Å². The monoisotopic (exact) mass is 574 g/mol. The van der Waals surface area contributed by atoms with E-state index in [2.05, 4.69) is 60.9 Å². The molecule has 1 saturated heterocycles. The third-order valence-electron chi connectivity index (χ3n) is 10.5. The van der Waals surface area contributed by atoms with E-state index in [1.165, 1.54) is 11.1 Å². The van der Waals surface area contributed by atoms with E-state index in [-0.39, 0.29) is 23.5 Å². The number of carbonyl (C=O) groups is 1. The van der Waals surface area contributed by atoms with E-state index in [4.69, 9.17) is 4.74 Å². The van der Waals surface area contributed by atoms with Crippen LogP contribution in [0.5, 0.6) is 11.5 Å². The molecule has 5 nitrogen and oxygen atoms in total. The summed E-state index contributed by atoms with van der Waals surface area (Å²) >= 11 is 0. The molecule has 0 unspecified atom stereocenters. The van der Waals surface area contributed by atoms with Crippen molar-refractivity contribution in [3.63, 3.8) is 0 Å². The minimum Gasteiger partial charge on any atom is -0.508 e. The number of rotatable bonds is 6. The molecule has 2 aliphatic heterocycles. The summed E-state index contributed by atoms with van der Waals surface area (Å²) in [6.07, 6.45) is 4.66. The molecule has 4 aliphatic rings. The highest BCUT2D eigenvalue weighted by molar-refractivity contribution is 5.94. The zero-order chi connectivity index (χ0) is 29.7. The van der Waals surface area contributed by atoms with Crippen molar-refractivity contribution >= 4 is 5.91 Å². The number of nitrogens with zero attached hydrogens (tertiary/aromatic N) is 2. The van der Waals surface area contributed by atoms with E-state index >= 15 is 0 Å². The van der Waals surface area contributed by atoms with Crippen LogP contribution in [0.4, 0.5) is 0 Å². The van der Waals surface area contributed by atoms with Crippen LogP contribution in [0.15, 0.2) is 66.7 Å². The normalized spacial score (nSPS) is 26.7. The summed E-state index contributed by atoms with van der Waals surface area (Å²) in [6, 6.07) is 22.8. The van der Waals surface area contributed by atoms with E-state index in [9.17, 15) is 9.90 Å². The number of phenolic OH excluding ortho intramolecular Hbond substituents is 1. The molecule has 5 atom stereocenters. The molecule has 222 valence electrons. The van der Waals surface area contributed by atoms with Crippen molar-refractivity contribution in [2.24, 2.45) is 11.8 Å². The highest BCUT2D eigenvalue weighted by Gasteiger charge is 2.66. The second-order valence-electron chi connectivity index (χ2n) is 13.5. The molecule has 43 heavy (non-hydrogen) atoms. The van der Waals surface area contributed by atoms with Gasteiger partial charge in [0.1, 0.15) is 17.6 Å². The van der Waals surface area contributed by atoms with Crippen LogP contribution in [0, 0.1) is 30.6 Å². The molecule has 2 fully saturated rings. The van der Waals surface area contributed by atoms with Gasteiger partial charge in [0, 0.05) is 47.2 Å². The number of likely N-dealkylation sites (tertiary alicyclic amines) is 1. The molecule has 7 rings (SSSR count). The van der Waals surface area contributed by atoms with Crippen molar-refractivity contribution in [1.29, 1.82) is 0 Å². The summed E-state index contributed by atoms with van der Waals surface area (Å²) in [5.41, 5.74) is 5.46. The van der Waals surface area contributed by atoms with Crippen molar-refractivity contribution in [2.75, 3.05) is 19.6 Å². The lowest BCUT2D eigenvalue weighted by Crippen LogP contribution is -2.69. The van der Waals surface area contributed by atoms with Gasteiger partial charge in [-0.05, 0) is 92.8 Å². The number of phenols is 1. The van der Waals surface area contributed by atoms with Gasteiger partial charge in [0.15, 0.2) is 0 Å². The average molecular weight is 575 g/mol. The number of benzene rings is 3. The Bertz CT molecular complexity index is 1590. The molecule has 3 aromatic carbocycles. The Morgan fingerprint density at radius 1 is 1.12 bits per heavy atom. The third kappa shape index (κ3) is 4.81. The molecule has 1 saturated carbocycles. The van der Waals surface area contributed by atoms with E-state index < -0.39 is 0 Å². The Morgan fingerprint density at radius 2 is 1.95 bits per heavy atom. The maximum atomic E-state index is 13.9. The SMILES string of the molecule is Cc1cccc(C#CC(=O)N(CC(C)C)[C@H]2CC[C@H]3[C@H]4Cc5c(O)ccc6c5[C@@]3(CCN4CCc3ccccc3)[C@H]2O6)c1. The molecule has 2 bridgehead atoms. The van der Waals surface area contributed by atoms with Gasteiger partial charge in [-0.25, -0.2) is 0 Å². The summed E-state index contributed by atoms with van der Waals surface area (Å²) < 4.78 is 6.93. The summed E-state index contributed by atoms with van der Waals surface area (Å²) in [6.45, 7) is 9.04. The minimum atomic E-state index is -0.196. The maximum absolute atomic E-state index is 13.9. The summed E-state index contributed by atoms with van der Waals surface area (Å²) in [5, 5.41) is 11.2. The number of carbonyl (C=O) groups excluding carboxylic acids is 1. The lowest BCUT2D eigenvalue weighted by atomic mass is 9.50. The molecule has 0 aromatic heterocycles. The fourth-order valence-corrected chi connectivity index (χ4v) is 8.81. The quantitative estimate of drug-likeness (QED) is 0.373. The largest absolute Gasteiger partial charge is 0.508 e. The first-order valence-electron chi connectivity index (χ1n) is 16.0. The van der Waals surface area contributed by atoms with Crippen molar-refractivity contribution in [3.05, 3.63) is 94.5 Å². The van der Waals surface area contributed by atoms with E-state index in [0.29, 0.717) is 30.2 Å². The average Bonchev–Trinajstić information content (AvgIpc) is 3.33. The van der Waals surface area contributed by atoms with Crippen molar-refractivity contribution in [1.82, 2.24) is 9.80 Å². The minimum absolute atomic E-state index is 0.0602. The third-order valence-corrected chi connectivity index (χ3v) is 10.5. The van der Waals surface area contributed by atoms with Gasteiger partial charge < -0.3 is 14.7 Å². The highest BCUT2D eigenvalue weighted by atomic mass is 16.5. The first kappa shape index (κ1) is 28.0. The number of aryl methyl sites for hydroxylation is 1. The molecule has 5 heteroatoms. The van der Waals surface area contributed by atoms with Gasteiger partial charge >= 0.3 is 0 Å². The van der Waals surface area contributed by atoms with Crippen LogP contribution in [-0.4, -0.2) is 58.6 Å². The van der Waals surface area contributed by atoms with Gasteiger partial charge in [-0.2, -0.15) is 0 Å². The van der Waals surface area contributed by atoms with Crippen LogP contribution in [0.3, 0.4) is 0 Å². The second kappa shape index (κ2) is 11.1. The molecule has 2 aliphatic carbocycles. The predicted octanol–water partition coefficient (Wildman–Crippen LogP) is 5.89. The second-order valence-corrected chi connectivity index (χ2v) is 13.5. The number of ether oxygens (including phenoxy) is 1. The zero-order valence-electron chi connectivity index (χ0n) is 25.6. The summed E-state index contributed by atoms with van der Waals surface area (Å²) in [5.74, 6) is 8.06. The lowest BCUT2D eigenvalue weighted by molar-refractivity contribution is -0.137. The highest BCUT2D eigenvalue weighted by Crippen LogP contribution is 2.63. The number of hydrogen-bond acceptors (Lipinski definition) is 4. The smallest absolute Gasteiger partial charge is 0.299 e. The van der Waals surface area contributed by atoms with Gasteiger partial charge in [0.05, 0.1) is 6.04 Å². The van der Waals surface area contributed by atoms with Crippen molar-refractivity contribution < 1.29 is 14.6 Å². The van der Waals surface area contributed by atoms with Crippen LogP contribution in [0.25, 0.3) is 0 Å². The van der Waals surface area contributed by atoms with Crippen LogP contribution in [0.1, 0.15) is 60.9 Å². The molecule has 1 spiro atoms. The molecular weight excluding hydrogens is 532 g/mol. The van der Waals surface area contributed by atoms with Gasteiger partial charge in [0.2, 0.25) is 0 Å². The molecule has 3 aromatic rings. The van der Waals surface area contributed by atoms with Gasteiger partial charge in [-0.3, -0.25) is 9.69 Å². The first-order chi connectivity index (χ1) is 20.8. The molecule has 2 heterocycles.